The molecular formula is C19H22O. The van der Waals surface area contributed by atoms with Crippen molar-refractivity contribution in [2.75, 3.05) is 0 Å². The maximum Gasteiger partial charge on any atom is 0.114 e. The molecule has 0 aliphatic carbocycles. The number of rotatable bonds is 2. The zero-order valence-corrected chi connectivity index (χ0v) is 12.7. The van der Waals surface area contributed by atoms with Gasteiger partial charge in [0, 0.05) is 0 Å². The van der Waals surface area contributed by atoms with Crippen molar-refractivity contribution >= 4 is 0 Å². The first kappa shape index (κ1) is 13.4. The van der Waals surface area contributed by atoms with Crippen molar-refractivity contribution in [1.82, 2.24) is 0 Å². The van der Waals surface area contributed by atoms with Crippen LogP contribution >= 0.6 is 0 Å². The molecule has 0 radical (unpaired) electrons. The number of ether oxygens (including phenoxy) is 1. The van der Waals surface area contributed by atoms with Crippen LogP contribution in [-0.4, -0.2) is 0 Å². The molecule has 0 saturated carbocycles. The summed E-state index contributed by atoms with van der Waals surface area (Å²) in [6.07, 6.45) is 0.461. The van der Waals surface area contributed by atoms with E-state index in [1.165, 1.54) is 22.3 Å². The normalized spacial score (nSPS) is 21.8. The molecule has 2 atom stereocenters. The second kappa shape index (κ2) is 4.75. The minimum absolute atomic E-state index is 0.208. The lowest BCUT2D eigenvalue weighted by molar-refractivity contribution is 0.377. The van der Waals surface area contributed by atoms with Gasteiger partial charge in [0.25, 0.3) is 0 Å². The van der Waals surface area contributed by atoms with Crippen molar-refractivity contribution in [3.05, 3.63) is 70.8 Å². The first-order valence-corrected chi connectivity index (χ1v) is 7.27. The van der Waals surface area contributed by atoms with Crippen LogP contribution in [-0.2, 0) is 10.2 Å². The molecular weight excluding hydrogens is 244 g/mol. The molecule has 0 unspecified atom stereocenters. The van der Waals surface area contributed by atoms with Crippen LogP contribution in [0.15, 0.2) is 48.5 Å². The Morgan fingerprint density at radius 3 is 1.65 bits per heavy atom. The summed E-state index contributed by atoms with van der Waals surface area (Å²) in [5, 5.41) is 0. The lowest BCUT2D eigenvalue weighted by Gasteiger charge is -2.18. The Balaban J connectivity index is 1.74. The molecule has 2 aromatic rings. The third-order valence-electron chi connectivity index (χ3n) is 4.00. The summed E-state index contributed by atoms with van der Waals surface area (Å²) in [6.45, 7) is 8.83. The Morgan fingerprint density at radius 2 is 1.20 bits per heavy atom. The highest BCUT2D eigenvalue weighted by Crippen LogP contribution is 2.50. The van der Waals surface area contributed by atoms with Crippen molar-refractivity contribution in [3.63, 3.8) is 0 Å². The monoisotopic (exact) mass is 266 g/mol. The largest absolute Gasteiger partial charge is 0.359 e. The van der Waals surface area contributed by atoms with E-state index in [1.807, 2.05) is 0 Å². The topological polar surface area (TPSA) is 12.5 Å². The second-order valence-corrected chi connectivity index (χ2v) is 6.76. The van der Waals surface area contributed by atoms with Gasteiger partial charge in [-0.1, -0.05) is 74.9 Å². The smallest absolute Gasteiger partial charge is 0.114 e. The van der Waals surface area contributed by atoms with Gasteiger partial charge in [-0.3, -0.25) is 0 Å². The van der Waals surface area contributed by atoms with Gasteiger partial charge >= 0.3 is 0 Å². The van der Waals surface area contributed by atoms with Crippen molar-refractivity contribution in [2.45, 2.75) is 45.3 Å². The van der Waals surface area contributed by atoms with Gasteiger partial charge in [-0.25, -0.2) is 0 Å². The predicted octanol–water partition coefficient (Wildman–Crippen LogP) is 5.11. The Kier molecular flexibility index (Phi) is 3.18. The lowest BCUT2D eigenvalue weighted by Crippen LogP contribution is -2.10. The number of epoxide rings is 1. The fourth-order valence-corrected chi connectivity index (χ4v) is 2.55. The van der Waals surface area contributed by atoms with Crippen LogP contribution in [0.25, 0.3) is 0 Å². The number of hydrogen-bond acceptors (Lipinski definition) is 1. The van der Waals surface area contributed by atoms with Crippen LogP contribution in [0.4, 0.5) is 0 Å². The number of benzene rings is 2. The molecule has 1 nitrogen and oxygen atoms in total. The highest BCUT2D eigenvalue weighted by Gasteiger charge is 2.41. The summed E-state index contributed by atoms with van der Waals surface area (Å²) in [6, 6.07) is 17.5. The average Bonchev–Trinajstić information content (AvgIpc) is 3.19. The van der Waals surface area contributed by atoms with E-state index < -0.39 is 0 Å². The molecule has 1 aliphatic rings. The van der Waals surface area contributed by atoms with Crippen molar-refractivity contribution in [2.24, 2.45) is 0 Å². The van der Waals surface area contributed by atoms with E-state index in [4.69, 9.17) is 4.74 Å². The Morgan fingerprint density at radius 1 is 0.750 bits per heavy atom. The third kappa shape index (κ3) is 2.64. The summed E-state index contributed by atoms with van der Waals surface area (Å²) >= 11 is 0. The highest BCUT2D eigenvalue weighted by molar-refractivity contribution is 5.34. The summed E-state index contributed by atoms with van der Waals surface area (Å²) < 4.78 is 5.85. The van der Waals surface area contributed by atoms with E-state index in [0.717, 1.165) is 0 Å². The molecule has 1 fully saturated rings. The van der Waals surface area contributed by atoms with Crippen molar-refractivity contribution in [1.29, 1.82) is 0 Å². The van der Waals surface area contributed by atoms with E-state index in [1.54, 1.807) is 0 Å². The second-order valence-electron chi connectivity index (χ2n) is 6.76. The fraction of sp³-hybridized carbons (Fsp3) is 0.368. The minimum Gasteiger partial charge on any atom is -0.359 e. The fourth-order valence-electron chi connectivity index (χ4n) is 2.55. The van der Waals surface area contributed by atoms with Gasteiger partial charge in [-0.05, 0) is 29.0 Å². The number of hydrogen-bond donors (Lipinski definition) is 0. The molecule has 20 heavy (non-hydrogen) atoms. The molecule has 0 aromatic heterocycles. The third-order valence-corrected chi connectivity index (χ3v) is 4.00. The van der Waals surface area contributed by atoms with Crippen molar-refractivity contribution in [3.8, 4) is 0 Å². The van der Waals surface area contributed by atoms with Gasteiger partial charge in [-0.15, -0.1) is 0 Å². The predicted molar refractivity (Wildman–Crippen MR) is 82.9 cm³/mol. The van der Waals surface area contributed by atoms with E-state index in [2.05, 4.69) is 76.2 Å². The molecule has 1 aliphatic heterocycles. The minimum atomic E-state index is 0.208. The van der Waals surface area contributed by atoms with Crippen LogP contribution in [0, 0.1) is 6.92 Å². The van der Waals surface area contributed by atoms with Crippen LogP contribution in [0.2, 0.25) is 0 Å². The first-order valence-electron chi connectivity index (χ1n) is 7.27. The maximum atomic E-state index is 5.85. The average molecular weight is 266 g/mol. The maximum absolute atomic E-state index is 5.85. The highest BCUT2D eigenvalue weighted by atomic mass is 16.6. The molecule has 1 heterocycles. The van der Waals surface area contributed by atoms with Crippen LogP contribution in [0.1, 0.15) is 55.2 Å². The van der Waals surface area contributed by atoms with E-state index >= 15 is 0 Å². The van der Waals surface area contributed by atoms with E-state index in [-0.39, 0.29) is 17.6 Å². The zero-order chi connectivity index (χ0) is 14.3. The molecule has 3 rings (SSSR count). The Hall–Kier alpha value is -1.60. The first-order chi connectivity index (χ1) is 9.45. The molecule has 1 saturated heterocycles. The summed E-state index contributed by atoms with van der Waals surface area (Å²) in [5.74, 6) is 0. The summed E-state index contributed by atoms with van der Waals surface area (Å²) in [5.41, 5.74) is 5.43. The van der Waals surface area contributed by atoms with Gasteiger partial charge in [-0.2, -0.15) is 0 Å². The Bertz CT molecular complexity index is 587. The van der Waals surface area contributed by atoms with Crippen molar-refractivity contribution < 1.29 is 4.74 Å². The molecule has 0 amide bonds. The molecule has 0 N–H and O–H groups in total. The Labute approximate surface area is 121 Å². The molecule has 0 bridgehead atoms. The summed E-state index contributed by atoms with van der Waals surface area (Å²) in [4.78, 5) is 0. The van der Waals surface area contributed by atoms with E-state index in [9.17, 15) is 0 Å². The molecule has 2 aromatic carbocycles. The van der Waals surface area contributed by atoms with Crippen LogP contribution in [0.3, 0.4) is 0 Å². The number of aryl methyl sites for hydroxylation is 1. The lowest BCUT2D eigenvalue weighted by atomic mass is 9.86. The van der Waals surface area contributed by atoms with Crippen LogP contribution in [0.5, 0.6) is 0 Å². The molecule has 0 spiro atoms. The van der Waals surface area contributed by atoms with Gasteiger partial charge < -0.3 is 4.74 Å². The van der Waals surface area contributed by atoms with Gasteiger partial charge in [0.1, 0.15) is 12.2 Å². The van der Waals surface area contributed by atoms with Crippen LogP contribution < -0.4 is 0 Å². The quantitative estimate of drug-likeness (QED) is 0.688. The standard InChI is InChI=1S/C19H22O/c1-13-5-7-14(8-6-13)17-18(20-17)15-9-11-16(12-10-15)19(2,3)4/h5-12,17-18H,1-4H3/t17-,18-/m1/s1. The SMILES string of the molecule is Cc1ccc([C@H]2O[C@@H]2c2ccc(C(C)(C)C)cc2)cc1. The van der Waals surface area contributed by atoms with Gasteiger partial charge in [0.15, 0.2) is 0 Å². The van der Waals surface area contributed by atoms with Gasteiger partial charge in [0.2, 0.25) is 0 Å². The summed E-state index contributed by atoms with van der Waals surface area (Å²) in [7, 11) is 0. The molecule has 1 heteroatoms. The zero-order valence-electron chi connectivity index (χ0n) is 12.7. The van der Waals surface area contributed by atoms with E-state index in [0.29, 0.717) is 0 Å². The molecule has 104 valence electrons. The van der Waals surface area contributed by atoms with Gasteiger partial charge in [0.05, 0.1) is 0 Å².